The number of phosphoric ester groups is 3. The Hall–Kier alpha value is -3.06. The van der Waals surface area contributed by atoms with Gasteiger partial charge in [0.2, 0.25) is 11.8 Å². The summed E-state index contributed by atoms with van der Waals surface area (Å²) in [6.45, 7) is 1.90. The number of carbonyl (C=O) groups excluding carboxylic acids is 5. The second kappa shape index (κ2) is 20.2. The number of nitrogen functional groups attached to an aromatic ring is 1. The van der Waals surface area contributed by atoms with E-state index >= 15 is 0 Å². The molecule has 0 aliphatic carbocycles. The fourth-order valence-electron chi connectivity index (χ4n) is 4.32. The molecule has 7 atom stereocenters. The van der Waals surface area contributed by atoms with Crippen LogP contribution >= 0.6 is 35.2 Å². The summed E-state index contributed by atoms with van der Waals surface area (Å²) in [6, 6.07) is 0. The van der Waals surface area contributed by atoms with Gasteiger partial charge in [-0.2, -0.15) is 13.9 Å². The van der Waals surface area contributed by atoms with Gasteiger partial charge in [-0.3, -0.25) is 32.5 Å². The van der Waals surface area contributed by atoms with Crippen LogP contribution in [0, 0.1) is 5.41 Å². The lowest BCUT2D eigenvalue weighted by Crippen LogP contribution is -2.46. The molecule has 2 aromatic heterocycles. The Morgan fingerprint density at radius 2 is 1.70 bits per heavy atom. The Morgan fingerprint density at radius 3 is 2.31 bits per heavy atom. The van der Waals surface area contributed by atoms with E-state index in [1.165, 1.54) is 20.8 Å². The zero-order valence-corrected chi connectivity index (χ0v) is 31.9. The molecule has 0 aromatic carbocycles. The number of nitrogens with zero attached hydrogens (tertiary/aromatic N) is 4. The maximum atomic E-state index is 12.6. The smallest absolute Gasteiger partial charge is 0.386 e. The van der Waals surface area contributed by atoms with Crippen molar-refractivity contribution < 1.29 is 90.1 Å². The molecule has 2 amide bonds. The summed E-state index contributed by atoms with van der Waals surface area (Å²) >= 11 is 1.03. The van der Waals surface area contributed by atoms with E-state index in [9.17, 15) is 57.9 Å². The Balaban J connectivity index is 0.00000325. The number of amides is 2. The molecule has 10 N–H and O–H groups in total. The molecule has 0 radical (unpaired) electrons. The number of aliphatic hydroxyl groups excluding tert-OH is 2. The van der Waals surface area contributed by atoms with Crippen molar-refractivity contribution >= 4 is 75.3 Å². The number of imidazole rings is 1. The highest BCUT2D eigenvalue weighted by molar-refractivity contribution is 8.13. The fourth-order valence-corrected chi connectivity index (χ4v) is 7.65. The number of anilines is 1. The monoisotopic (exact) mass is 853 g/mol. The second-order valence-corrected chi connectivity index (χ2v) is 17.0. The van der Waals surface area contributed by atoms with Crippen molar-refractivity contribution in [2.24, 2.45) is 5.41 Å². The minimum absolute atomic E-state index is 0.0310. The average Bonchev–Trinajstić information content (AvgIpc) is 3.61. The Bertz CT molecular complexity index is 1810. The number of hydrogen-bond acceptors (Lipinski definition) is 20. The number of phosphoric acid groups is 3. The predicted octanol–water partition coefficient (Wildman–Crippen LogP) is -1.90. The van der Waals surface area contributed by atoms with Gasteiger partial charge in [0.25, 0.3) is 0 Å². The lowest BCUT2D eigenvalue weighted by Gasteiger charge is -2.30. The van der Waals surface area contributed by atoms with Crippen molar-refractivity contribution in [2.75, 3.05) is 37.8 Å². The lowest BCUT2D eigenvalue weighted by atomic mass is 9.87. The van der Waals surface area contributed by atoms with Crippen molar-refractivity contribution in [1.82, 2.24) is 30.2 Å². The van der Waals surface area contributed by atoms with Gasteiger partial charge in [0.1, 0.15) is 36.3 Å². The molecule has 2 aromatic rings. The molecule has 2 unspecified atom stereocenters. The molecule has 26 nitrogen and oxygen atoms in total. The molecule has 1 aliphatic heterocycles. The van der Waals surface area contributed by atoms with Gasteiger partial charge in [-0.05, 0) is 0 Å². The summed E-state index contributed by atoms with van der Waals surface area (Å²) in [5.41, 5.74) is 4.26. The van der Waals surface area contributed by atoms with Crippen LogP contribution in [0.25, 0.3) is 11.2 Å². The summed E-state index contributed by atoms with van der Waals surface area (Å²) in [5.74, 6) is -1.08. The zero-order chi connectivity index (χ0) is 41.1. The highest BCUT2D eigenvalue weighted by atomic mass is 32.2. The highest BCUT2D eigenvalue weighted by Crippen LogP contribution is 2.61. The van der Waals surface area contributed by atoms with Crippen LogP contribution in [0.3, 0.4) is 0 Å². The summed E-state index contributed by atoms with van der Waals surface area (Å²) in [5, 5.41) is 26.1. The van der Waals surface area contributed by atoms with E-state index in [1.807, 2.05) is 0 Å². The second-order valence-electron chi connectivity index (χ2n) is 11.5. The molecular formula is C24H38N7O19P3S. The first-order chi connectivity index (χ1) is 24.9. The van der Waals surface area contributed by atoms with Crippen LogP contribution in [0.5, 0.6) is 0 Å². The summed E-state index contributed by atoms with van der Waals surface area (Å²) < 4.78 is 61.8. The van der Waals surface area contributed by atoms with Gasteiger partial charge in [-0.1, -0.05) is 25.6 Å². The van der Waals surface area contributed by atoms with E-state index in [4.69, 9.17) is 29.1 Å². The number of aromatic nitrogens is 4. The van der Waals surface area contributed by atoms with E-state index in [0.717, 1.165) is 29.0 Å². The molecule has 1 fully saturated rings. The van der Waals surface area contributed by atoms with Crippen molar-refractivity contribution in [3.05, 3.63) is 12.7 Å². The van der Waals surface area contributed by atoms with Gasteiger partial charge in [0, 0.05) is 37.6 Å². The number of nitrogens with one attached hydrogen (secondary N) is 2. The summed E-state index contributed by atoms with van der Waals surface area (Å²) in [7, 11) is -16.4. The minimum atomic E-state index is -5.56. The van der Waals surface area contributed by atoms with Crippen LogP contribution in [0.2, 0.25) is 0 Å². The number of aliphatic hydroxyl groups is 2. The van der Waals surface area contributed by atoms with Crippen LogP contribution in [0.4, 0.5) is 5.82 Å². The lowest BCUT2D eigenvalue weighted by molar-refractivity contribution is -0.191. The van der Waals surface area contributed by atoms with E-state index in [1.54, 1.807) is 0 Å². The first-order valence-corrected chi connectivity index (χ1v) is 20.5. The van der Waals surface area contributed by atoms with Crippen LogP contribution in [-0.4, -0.2) is 129 Å². The number of carbonyl (C=O) groups is 3. The SMILES string of the molecule is CC(=O)SCCNC(=O)CCNC(=O)[C@H](O)C(C)(C)COP(=O)(O)OP(=O)(O)OC[C@H]1O[C@@H](n2cnc3c(N)ncnc32)[C@H](O)[C@@H]1OP(=O)(O)O.O=C=O. The van der Waals surface area contributed by atoms with Gasteiger partial charge >= 0.3 is 29.6 Å². The Kier molecular flexibility index (Phi) is 17.6. The van der Waals surface area contributed by atoms with Gasteiger partial charge in [0.15, 0.2) is 22.8 Å². The molecule has 0 spiro atoms. The third kappa shape index (κ3) is 14.9. The molecule has 3 heterocycles. The first kappa shape index (κ1) is 47.1. The topological polar surface area (TPSA) is 398 Å². The predicted molar refractivity (Wildman–Crippen MR) is 178 cm³/mol. The van der Waals surface area contributed by atoms with Crippen LogP contribution in [0.1, 0.15) is 33.4 Å². The molecule has 0 bridgehead atoms. The Labute approximate surface area is 308 Å². The maximum Gasteiger partial charge on any atom is 0.481 e. The molecular weight excluding hydrogens is 815 g/mol. The minimum Gasteiger partial charge on any atom is -0.386 e. The van der Waals surface area contributed by atoms with E-state index in [2.05, 4.69) is 34.4 Å². The van der Waals surface area contributed by atoms with Crippen molar-refractivity contribution in [1.29, 1.82) is 0 Å². The van der Waals surface area contributed by atoms with Crippen LogP contribution < -0.4 is 16.4 Å². The molecule has 1 saturated heterocycles. The molecule has 30 heteroatoms. The molecule has 1 aliphatic rings. The van der Waals surface area contributed by atoms with E-state index in [0.29, 0.717) is 5.75 Å². The van der Waals surface area contributed by atoms with Crippen molar-refractivity contribution in [2.45, 2.75) is 57.8 Å². The quantitative estimate of drug-likeness (QED) is 0.0550. The average molecular weight is 854 g/mol. The Morgan fingerprint density at radius 1 is 1.07 bits per heavy atom. The standard InChI is InChI=1S/C23H38N7O17P3S.CO2/c1-12(31)51-7-6-25-14(32)4-5-26-21(35)18(34)23(2,3)9-44-50(41,42)47-49(39,40)43-8-13-17(46-48(36,37)38)16(33)22(45-13)30-11-29-15-19(24)27-10-28-20(15)30;2-1-3/h10-11,13,16-18,22,33-34H,4-9H2,1-3H3,(H,25,32)(H,26,35)(H,39,40)(H,41,42)(H2,24,27,28)(H2,36,37,38);/t13-,16-,17-,18+,22-;/m1./s1. The van der Waals surface area contributed by atoms with Crippen molar-refractivity contribution in [3.8, 4) is 0 Å². The number of thioether (sulfide) groups is 1. The third-order valence-corrected chi connectivity index (χ3v) is 10.7. The number of hydrogen-bond donors (Lipinski definition) is 9. The van der Waals surface area contributed by atoms with Gasteiger partial charge in [-0.15, -0.1) is 0 Å². The maximum absolute atomic E-state index is 12.6. The summed E-state index contributed by atoms with van der Waals surface area (Å²) in [6.07, 6.45) is -6.63. The number of nitrogens with two attached hydrogens (primary N) is 1. The number of ether oxygens (including phenoxy) is 1. The molecule has 3 rings (SSSR count). The largest absolute Gasteiger partial charge is 0.481 e. The van der Waals surface area contributed by atoms with Crippen LogP contribution in [0.15, 0.2) is 12.7 Å². The van der Waals surface area contributed by atoms with E-state index < -0.39 is 84.6 Å². The van der Waals surface area contributed by atoms with Gasteiger partial charge in [0.05, 0.1) is 19.5 Å². The highest BCUT2D eigenvalue weighted by Gasteiger charge is 2.50. The molecule has 304 valence electrons. The molecule has 54 heavy (non-hydrogen) atoms. The molecule has 0 saturated carbocycles. The van der Waals surface area contributed by atoms with Crippen molar-refractivity contribution in [3.63, 3.8) is 0 Å². The van der Waals surface area contributed by atoms with E-state index in [-0.39, 0.29) is 47.8 Å². The summed E-state index contributed by atoms with van der Waals surface area (Å²) in [4.78, 5) is 102. The number of rotatable bonds is 19. The first-order valence-electron chi connectivity index (χ1n) is 14.9. The van der Waals surface area contributed by atoms with Gasteiger partial charge < -0.3 is 50.9 Å². The number of fused-ring (bicyclic) bond motifs is 1. The van der Waals surface area contributed by atoms with Gasteiger partial charge in [-0.25, -0.2) is 28.6 Å². The zero-order valence-electron chi connectivity index (χ0n) is 28.4. The van der Waals surface area contributed by atoms with Crippen LogP contribution in [-0.2, 0) is 60.3 Å². The fraction of sp³-hybridized carbons (Fsp3) is 0.625. The third-order valence-electron chi connectivity index (χ3n) is 6.81. The normalized spacial score (nSPS) is 21.5.